The molecule has 1 aliphatic rings. The van der Waals surface area contributed by atoms with Crippen LogP contribution in [0.15, 0.2) is 4.99 Å². The molecule has 1 rings (SSSR count). The van der Waals surface area contributed by atoms with Gasteiger partial charge in [-0.15, -0.1) is 24.0 Å². The molecular formula is C14H30IN3O2. The number of hydrogen-bond acceptors (Lipinski definition) is 3. The molecule has 1 saturated heterocycles. The highest BCUT2D eigenvalue weighted by Crippen LogP contribution is 2.16. The Morgan fingerprint density at radius 1 is 1.25 bits per heavy atom. The van der Waals surface area contributed by atoms with Crippen molar-refractivity contribution < 1.29 is 9.47 Å². The Hall–Kier alpha value is -0.0800. The van der Waals surface area contributed by atoms with Gasteiger partial charge in [0.15, 0.2) is 5.96 Å². The third-order valence-corrected chi connectivity index (χ3v) is 3.51. The van der Waals surface area contributed by atoms with Crippen LogP contribution >= 0.6 is 24.0 Å². The van der Waals surface area contributed by atoms with Gasteiger partial charge in [-0.1, -0.05) is 0 Å². The van der Waals surface area contributed by atoms with Gasteiger partial charge < -0.3 is 19.7 Å². The lowest BCUT2D eigenvalue weighted by Gasteiger charge is -2.21. The van der Waals surface area contributed by atoms with Crippen molar-refractivity contribution in [3.63, 3.8) is 0 Å². The number of guanidine groups is 1. The Kier molecular flexibility index (Phi) is 12.6. The van der Waals surface area contributed by atoms with E-state index in [0.717, 1.165) is 51.6 Å². The van der Waals surface area contributed by atoms with Crippen molar-refractivity contribution in [2.75, 3.05) is 54.1 Å². The lowest BCUT2D eigenvalue weighted by molar-refractivity contribution is 0.157. The molecule has 1 atom stereocenters. The third-order valence-electron chi connectivity index (χ3n) is 3.51. The second-order valence-electron chi connectivity index (χ2n) is 5.08. The van der Waals surface area contributed by atoms with Crippen LogP contribution in [0.4, 0.5) is 0 Å². The molecular weight excluding hydrogens is 369 g/mol. The Morgan fingerprint density at radius 3 is 2.70 bits per heavy atom. The number of likely N-dealkylation sites (tertiary alicyclic amines) is 1. The smallest absolute Gasteiger partial charge is 0.193 e. The molecule has 0 aromatic heterocycles. The van der Waals surface area contributed by atoms with Crippen molar-refractivity contribution in [3.8, 4) is 0 Å². The number of hydrogen-bond donors (Lipinski definition) is 1. The summed E-state index contributed by atoms with van der Waals surface area (Å²) in [5.74, 6) is 1.68. The van der Waals surface area contributed by atoms with Gasteiger partial charge in [0.1, 0.15) is 0 Å². The Labute approximate surface area is 140 Å². The van der Waals surface area contributed by atoms with Gasteiger partial charge >= 0.3 is 0 Å². The van der Waals surface area contributed by atoms with Crippen molar-refractivity contribution in [1.82, 2.24) is 10.2 Å². The number of ether oxygens (including phenoxy) is 2. The summed E-state index contributed by atoms with van der Waals surface area (Å²) in [4.78, 5) is 6.70. The molecule has 0 saturated carbocycles. The Bertz CT molecular complexity index is 265. The maximum Gasteiger partial charge on any atom is 0.193 e. The molecule has 1 aliphatic heterocycles. The van der Waals surface area contributed by atoms with Crippen LogP contribution in [-0.4, -0.2) is 65.0 Å². The highest BCUT2D eigenvalue weighted by molar-refractivity contribution is 14.0. The molecule has 120 valence electrons. The highest BCUT2D eigenvalue weighted by Gasteiger charge is 2.24. The van der Waals surface area contributed by atoms with E-state index < -0.39 is 0 Å². The zero-order valence-corrected chi connectivity index (χ0v) is 15.4. The monoisotopic (exact) mass is 399 g/mol. The zero-order chi connectivity index (χ0) is 13.9. The van der Waals surface area contributed by atoms with Crippen molar-refractivity contribution in [2.24, 2.45) is 10.9 Å². The number of aliphatic imine (C=N–C) groups is 1. The van der Waals surface area contributed by atoms with Crippen LogP contribution in [0.1, 0.15) is 25.7 Å². The van der Waals surface area contributed by atoms with E-state index in [2.05, 4.69) is 15.2 Å². The molecule has 5 nitrogen and oxygen atoms in total. The van der Waals surface area contributed by atoms with E-state index in [1.165, 1.54) is 12.8 Å². The molecule has 1 fully saturated rings. The highest BCUT2D eigenvalue weighted by atomic mass is 127. The summed E-state index contributed by atoms with van der Waals surface area (Å²) >= 11 is 0. The van der Waals surface area contributed by atoms with Gasteiger partial charge in [-0.05, 0) is 25.7 Å². The molecule has 1 N–H and O–H groups in total. The topological polar surface area (TPSA) is 46.1 Å². The number of nitrogens with one attached hydrogen (secondary N) is 1. The maximum atomic E-state index is 5.22. The van der Waals surface area contributed by atoms with Crippen LogP contribution in [0.5, 0.6) is 0 Å². The first-order valence-electron chi connectivity index (χ1n) is 7.25. The first-order valence-corrected chi connectivity index (χ1v) is 7.25. The Balaban J connectivity index is 0.00000361. The van der Waals surface area contributed by atoms with Crippen molar-refractivity contribution in [2.45, 2.75) is 25.7 Å². The average molecular weight is 399 g/mol. The first-order chi connectivity index (χ1) is 9.31. The standard InChI is InChI=1S/C14H29N3O2.HI/c1-15-14(16-8-5-4-6-10-18-2)17-9-7-13(11-17)12-19-3;/h13H,4-12H2,1-3H3,(H,15,16);1H. The summed E-state index contributed by atoms with van der Waals surface area (Å²) in [6, 6.07) is 0. The summed E-state index contributed by atoms with van der Waals surface area (Å²) in [6.07, 6.45) is 4.70. The molecule has 0 aromatic rings. The number of methoxy groups -OCH3 is 2. The minimum absolute atomic E-state index is 0. The van der Waals surface area contributed by atoms with E-state index in [-0.39, 0.29) is 24.0 Å². The fourth-order valence-corrected chi connectivity index (χ4v) is 2.48. The van der Waals surface area contributed by atoms with Gasteiger partial charge in [0.25, 0.3) is 0 Å². The van der Waals surface area contributed by atoms with Crippen LogP contribution in [0.3, 0.4) is 0 Å². The SMILES string of the molecule is CN=C(NCCCCCOC)N1CCC(COC)C1.I. The predicted octanol–water partition coefficient (Wildman–Crippen LogP) is 1.96. The number of halogens is 1. The van der Waals surface area contributed by atoms with E-state index in [9.17, 15) is 0 Å². The Morgan fingerprint density at radius 2 is 2.05 bits per heavy atom. The summed E-state index contributed by atoms with van der Waals surface area (Å²) in [5, 5.41) is 3.45. The number of unbranched alkanes of at least 4 members (excludes halogenated alkanes) is 2. The fourth-order valence-electron chi connectivity index (χ4n) is 2.48. The van der Waals surface area contributed by atoms with Crippen molar-refractivity contribution >= 4 is 29.9 Å². The zero-order valence-electron chi connectivity index (χ0n) is 13.1. The molecule has 0 aliphatic carbocycles. The summed E-state index contributed by atoms with van der Waals surface area (Å²) in [6.45, 7) is 4.83. The van der Waals surface area contributed by atoms with Crippen LogP contribution in [0.25, 0.3) is 0 Å². The maximum absolute atomic E-state index is 5.22. The van der Waals surface area contributed by atoms with Crippen LogP contribution in [0.2, 0.25) is 0 Å². The van der Waals surface area contributed by atoms with Gasteiger partial charge in [-0.2, -0.15) is 0 Å². The minimum atomic E-state index is 0. The van der Waals surface area contributed by atoms with E-state index in [1.54, 1.807) is 14.2 Å². The third kappa shape index (κ3) is 7.64. The van der Waals surface area contributed by atoms with E-state index in [0.29, 0.717) is 5.92 Å². The molecule has 0 radical (unpaired) electrons. The van der Waals surface area contributed by atoms with Gasteiger partial charge in [-0.3, -0.25) is 4.99 Å². The normalized spacial score (nSPS) is 19.1. The van der Waals surface area contributed by atoms with Crippen LogP contribution in [0, 0.1) is 5.92 Å². The first kappa shape index (κ1) is 19.9. The summed E-state index contributed by atoms with van der Waals surface area (Å²) in [7, 11) is 5.39. The van der Waals surface area contributed by atoms with Gasteiger partial charge in [0.05, 0.1) is 6.61 Å². The molecule has 0 amide bonds. The molecule has 20 heavy (non-hydrogen) atoms. The number of rotatable bonds is 8. The molecule has 1 heterocycles. The van der Waals surface area contributed by atoms with Gasteiger partial charge in [0, 0.05) is 53.4 Å². The lowest BCUT2D eigenvalue weighted by atomic mass is 10.1. The molecule has 0 spiro atoms. The second-order valence-corrected chi connectivity index (χ2v) is 5.08. The molecule has 1 unspecified atom stereocenters. The lowest BCUT2D eigenvalue weighted by Crippen LogP contribution is -2.40. The molecule has 0 bridgehead atoms. The van der Waals surface area contributed by atoms with E-state index >= 15 is 0 Å². The van der Waals surface area contributed by atoms with E-state index in [1.807, 2.05) is 7.05 Å². The summed E-state index contributed by atoms with van der Waals surface area (Å²) < 4.78 is 10.3. The molecule has 6 heteroatoms. The van der Waals surface area contributed by atoms with Crippen molar-refractivity contribution in [1.29, 1.82) is 0 Å². The predicted molar refractivity (Wildman–Crippen MR) is 94.1 cm³/mol. The van der Waals surface area contributed by atoms with Crippen molar-refractivity contribution in [3.05, 3.63) is 0 Å². The van der Waals surface area contributed by atoms with Gasteiger partial charge in [0.2, 0.25) is 0 Å². The van der Waals surface area contributed by atoms with Gasteiger partial charge in [-0.25, -0.2) is 0 Å². The molecule has 0 aromatic carbocycles. The average Bonchev–Trinajstić information content (AvgIpc) is 2.87. The minimum Gasteiger partial charge on any atom is -0.385 e. The van der Waals surface area contributed by atoms with Crippen LogP contribution < -0.4 is 5.32 Å². The fraction of sp³-hybridized carbons (Fsp3) is 0.929. The second kappa shape index (κ2) is 12.6. The van der Waals surface area contributed by atoms with Crippen LogP contribution in [-0.2, 0) is 9.47 Å². The van der Waals surface area contributed by atoms with E-state index in [4.69, 9.17) is 9.47 Å². The number of nitrogens with zero attached hydrogens (tertiary/aromatic N) is 2. The summed E-state index contributed by atoms with van der Waals surface area (Å²) in [5.41, 5.74) is 0. The quantitative estimate of drug-likeness (QED) is 0.294. The largest absolute Gasteiger partial charge is 0.385 e.